The van der Waals surface area contributed by atoms with Gasteiger partial charge in [0.25, 0.3) is 0 Å². The molecular formula is C30H39N5O5. The van der Waals surface area contributed by atoms with Crippen molar-refractivity contribution in [3.05, 3.63) is 58.2 Å². The number of fused-ring (bicyclic) bond motifs is 1. The first-order valence-electron chi connectivity index (χ1n) is 14.0. The molecule has 0 saturated heterocycles. The SMILES string of the molecule is Cc1c(NC(=O)OC(C)(C)C)ccc2nc(N(CCC3CCCCC3)C(=O)NCCc3ccccn3)oc(=O)c12. The van der Waals surface area contributed by atoms with Gasteiger partial charge in [-0.25, -0.2) is 19.3 Å². The molecular weight excluding hydrogens is 510 g/mol. The molecule has 10 heteroatoms. The van der Waals surface area contributed by atoms with Gasteiger partial charge < -0.3 is 14.5 Å². The molecule has 3 amide bonds. The topological polar surface area (TPSA) is 127 Å². The first-order chi connectivity index (χ1) is 19.1. The van der Waals surface area contributed by atoms with Crippen molar-refractivity contribution in [3.63, 3.8) is 0 Å². The van der Waals surface area contributed by atoms with Crippen LogP contribution in [0.5, 0.6) is 0 Å². The Kier molecular flexibility index (Phi) is 9.39. The lowest BCUT2D eigenvalue weighted by Crippen LogP contribution is -2.43. The molecule has 2 aromatic heterocycles. The van der Waals surface area contributed by atoms with E-state index in [-0.39, 0.29) is 17.4 Å². The van der Waals surface area contributed by atoms with Crippen LogP contribution in [0.1, 0.15) is 70.6 Å². The number of rotatable bonds is 8. The number of nitrogens with zero attached hydrogens (tertiary/aromatic N) is 3. The van der Waals surface area contributed by atoms with Crippen LogP contribution in [0.4, 0.5) is 21.3 Å². The second kappa shape index (κ2) is 12.9. The summed E-state index contributed by atoms with van der Waals surface area (Å²) in [6, 6.07) is 8.54. The van der Waals surface area contributed by atoms with E-state index in [2.05, 4.69) is 20.6 Å². The molecule has 214 valence electrons. The Labute approximate surface area is 234 Å². The molecule has 1 fully saturated rings. The fraction of sp³-hybridized carbons (Fsp3) is 0.500. The van der Waals surface area contributed by atoms with E-state index in [1.165, 1.54) is 24.2 Å². The fourth-order valence-corrected chi connectivity index (χ4v) is 4.98. The molecule has 10 nitrogen and oxygen atoms in total. The van der Waals surface area contributed by atoms with Gasteiger partial charge in [-0.15, -0.1) is 0 Å². The third-order valence-electron chi connectivity index (χ3n) is 7.03. The van der Waals surface area contributed by atoms with E-state index in [9.17, 15) is 14.4 Å². The Morgan fingerprint density at radius 1 is 1.12 bits per heavy atom. The number of aryl methyl sites for hydroxylation is 1. The molecule has 4 rings (SSSR count). The Morgan fingerprint density at radius 3 is 2.60 bits per heavy atom. The molecule has 1 saturated carbocycles. The Balaban J connectivity index is 1.56. The van der Waals surface area contributed by atoms with Crippen molar-refractivity contribution in [3.8, 4) is 0 Å². The van der Waals surface area contributed by atoms with Crippen molar-refractivity contribution in [2.24, 2.45) is 5.92 Å². The molecule has 0 spiro atoms. The number of pyridine rings is 1. The highest BCUT2D eigenvalue weighted by atomic mass is 16.6. The number of urea groups is 1. The monoisotopic (exact) mass is 549 g/mol. The van der Waals surface area contributed by atoms with Crippen LogP contribution >= 0.6 is 0 Å². The summed E-state index contributed by atoms with van der Waals surface area (Å²) >= 11 is 0. The highest BCUT2D eigenvalue weighted by Crippen LogP contribution is 2.28. The van der Waals surface area contributed by atoms with Crippen LogP contribution in [0, 0.1) is 12.8 Å². The summed E-state index contributed by atoms with van der Waals surface area (Å²) in [5.41, 5.74) is 0.883. The molecule has 2 heterocycles. The number of ether oxygens (including phenoxy) is 1. The zero-order valence-corrected chi connectivity index (χ0v) is 23.8. The first kappa shape index (κ1) is 29.0. The van der Waals surface area contributed by atoms with Crippen molar-refractivity contribution >= 4 is 34.7 Å². The van der Waals surface area contributed by atoms with Crippen LogP contribution in [0.15, 0.2) is 45.7 Å². The average molecular weight is 550 g/mol. The number of hydrogen-bond acceptors (Lipinski definition) is 7. The lowest BCUT2D eigenvalue weighted by molar-refractivity contribution is 0.0635. The summed E-state index contributed by atoms with van der Waals surface area (Å²) in [4.78, 5) is 49.1. The van der Waals surface area contributed by atoms with E-state index >= 15 is 0 Å². The minimum atomic E-state index is -0.663. The molecule has 0 aliphatic heterocycles. The third kappa shape index (κ3) is 7.80. The summed E-state index contributed by atoms with van der Waals surface area (Å²) in [7, 11) is 0. The molecule has 40 heavy (non-hydrogen) atoms. The molecule has 0 unspecified atom stereocenters. The number of amides is 3. The predicted molar refractivity (Wildman–Crippen MR) is 155 cm³/mol. The van der Waals surface area contributed by atoms with Gasteiger partial charge in [-0.2, -0.15) is 4.98 Å². The lowest BCUT2D eigenvalue weighted by atomic mass is 9.87. The van der Waals surface area contributed by atoms with Crippen LogP contribution in [0.2, 0.25) is 0 Å². The summed E-state index contributed by atoms with van der Waals surface area (Å²) in [5.74, 6) is 0.522. The minimum Gasteiger partial charge on any atom is -0.444 e. The number of aromatic nitrogens is 2. The van der Waals surface area contributed by atoms with E-state index in [1.54, 1.807) is 46.0 Å². The van der Waals surface area contributed by atoms with Gasteiger partial charge in [0, 0.05) is 37.1 Å². The third-order valence-corrected chi connectivity index (χ3v) is 7.03. The quantitative estimate of drug-likeness (QED) is 0.354. The zero-order chi connectivity index (χ0) is 28.7. The van der Waals surface area contributed by atoms with Gasteiger partial charge in [0.2, 0.25) is 0 Å². The molecule has 3 aromatic rings. The van der Waals surface area contributed by atoms with E-state index in [1.807, 2.05) is 18.2 Å². The van der Waals surface area contributed by atoms with Gasteiger partial charge in [-0.05, 0) is 69.9 Å². The largest absolute Gasteiger partial charge is 0.444 e. The van der Waals surface area contributed by atoms with Crippen molar-refractivity contribution in [1.29, 1.82) is 0 Å². The summed E-state index contributed by atoms with van der Waals surface area (Å²) in [5, 5.41) is 5.85. The van der Waals surface area contributed by atoms with E-state index in [0.717, 1.165) is 25.0 Å². The van der Waals surface area contributed by atoms with Gasteiger partial charge in [0.05, 0.1) is 10.9 Å². The molecule has 0 radical (unpaired) electrons. The molecule has 1 aliphatic carbocycles. The Hall–Kier alpha value is -3.95. The highest BCUT2D eigenvalue weighted by molar-refractivity contribution is 5.94. The van der Waals surface area contributed by atoms with Crippen LogP contribution in [-0.4, -0.2) is 40.8 Å². The molecule has 1 aliphatic rings. The van der Waals surface area contributed by atoms with Gasteiger partial charge in [-0.1, -0.05) is 38.2 Å². The maximum atomic E-state index is 13.3. The summed E-state index contributed by atoms with van der Waals surface area (Å²) < 4.78 is 11.0. The van der Waals surface area contributed by atoms with Gasteiger partial charge >= 0.3 is 23.8 Å². The molecule has 0 bridgehead atoms. The number of hydrogen-bond donors (Lipinski definition) is 2. The number of benzene rings is 1. The number of carbonyl (C=O) groups excluding carboxylic acids is 2. The normalized spacial score (nSPS) is 14.1. The second-order valence-corrected chi connectivity index (χ2v) is 11.3. The number of anilines is 2. The maximum absolute atomic E-state index is 13.3. The van der Waals surface area contributed by atoms with Crippen molar-refractivity contribution in [2.45, 2.75) is 78.2 Å². The minimum absolute atomic E-state index is 0.0455. The van der Waals surface area contributed by atoms with Crippen molar-refractivity contribution < 1.29 is 18.7 Å². The molecule has 0 atom stereocenters. The molecule has 1 aromatic carbocycles. The van der Waals surface area contributed by atoms with Crippen LogP contribution in [-0.2, 0) is 11.2 Å². The van der Waals surface area contributed by atoms with E-state index in [0.29, 0.717) is 42.2 Å². The van der Waals surface area contributed by atoms with Crippen LogP contribution in [0.3, 0.4) is 0 Å². The molecule has 2 N–H and O–H groups in total. The van der Waals surface area contributed by atoms with Crippen molar-refractivity contribution in [1.82, 2.24) is 15.3 Å². The van der Waals surface area contributed by atoms with Gasteiger partial charge in [0.1, 0.15) is 5.60 Å². The predicted octanol–water partition coefficient (Wildman–Crippen LogP) is 5.97. The van der Waals surface area contributed by atoms with Gasteiger partial charge in [-0.3, -0.25) is 10.3 Å². The fourth-order valence-electron chi connectivity index (χ4n) is 4.98. The average Bonchev–Trinajstić information content (AvgIpc) is 2.90. The number of carbonyl (C=O) groups is 2. The summed E-state index contributed by atoms with van der Waals surface area (Å²) in [6.45, 7) is 7.79. The van der Waals surface area contributed by atoms with Crippen LogP contribution in [0.25, 0.3) is 10.9 Å². The second-order valence-electron chi connectivity index (χ2n) is 11.3. The highest BCUT2D eigenvalue weighted by Gasteiger charge is 2.25. The standard InChI is InChI=1S/C30H39N5O5/c1-20-23(34-29(38)40-30(2,3)4)13-14-24-25(20)26(36)39-28(33-24)35(19-16-21-10-6-5-7-11-21)27(37)32-18-15-22-12-8-9-17-31-22/h8-9,12-14,17,21H,5-7,10-11,15-16,18-19H2,1-4H3,(H,32,37)(H,34,38). The Bertz CT molecular complexity index is 1380. The Morgan fingerprint density at radius 2 is 1.90 bits per heavy atom. The first-order valence-corrected chi connectivity index (χ1v) is 14.0. The maximum Gasteiger partial charge on any atom is 0.412 e. The van der Waals surface area contributed by atoms with Gasteiger partial charge in [0.15, 0.2) is 0 Å². The number of nitrogens with one attached hydrogen (secondary N) is 2. The van der Waals surface area contributed by atoms with E-state index < -0.39 is 17.3 Å². The zero-order valence-electron chi connectivity index (χ0n) is 23.8. The van der Waals surface area contributed by atoms with E-state index in [4.69, 9.17) is 9.15 Å². The van der Waals surface area contributed by atoms with Crippen molar-refractivity contribution in [2.75, 3.05) is 23.3 Å². The lowest BCUT2D eigenvalue weighted by Gasteiger charge is -2.26. The van der Waals surface area contributed by atoms with Crippen LogP contribution < -0.4 is 21.2 Å². The summed E-state index contributed by atoms with van der Waals surface area (Å²) in [6.07, 6.45) is 8.39. The smallest absolute Gasteiger partial charge is 0.412 e.